The second kappa shape index (κ2) is 7.56. The number of aromatic nitrogens is 2. The summed E-state index contributed by atoms with van der Waals surface area (Å²) < 4.78 is 5.45. The Bertz CT molecular complexity index is 452. The summed E-state index contributed by atoms with van der Waals surface area (Å²) in [4.78, 5) is 13.8. The zero-order valence-electron chi connectivity index (χ0n) is 13.6. The predicted molar refractivity (Wildman–Crippen MR) is 85.8 cm³/mol. The SMILES string of the molecule is CCOCc1nc(NC)cc(N2CCCC2CN(C)C)n1. The van der Waals surface area contributed by atoms with E-state index >= 15 is 0 Å². The van der Waals surface area contributed by atoms with Crippen LogP contribution in [0.1, 0.15) is 25.6 Å². The average molecular weight is 293 g/mol. The van der Waals surface area contributed by atoms with E-state index in [-0.39, 0.29) is 0 Å². The van der Waals surface area contributed by atoms with Crippen LogP contribution in [0.3, 0.4) is 0 Å². The first kappa shape index (κ1) is 16.0. The van der Waals surface area contributed by atoms with Crippen LogP contribution in [-0.4, -0.2) is 61.7 Å². The van der Waals surface area contributed by atoms with Gasteiger partial charge in [-0.3, -0.25) is 0 Å². The van der Waals surface area contributed by atoms with Gasteiger partial charge in [0.15, 0.2) is 5.82 Å². The fourth-order valence-electron chi connectivity index (χ4n) is 2.76. The monoisotopic (exact) mass is 293 g/mol. The lowest BCUT2D eigenvalue weighted by molar-refractivity contribution is 0.128. The number of hydrogen-bond donors (Lipinski definition) is 1. The summed E-state index contributed by atoms with van der Waals surface area (Å²) in [5.41, 5.74) is 0. The summed E-state index contributed by atoms with van der Waals surface area (Å²) in [6.45, 7) is 5.24. The molecule has 1 aliphatic heterocycles. The van der Waals surface area contributed by atoms with Gasteiger partial charge in [0.05, 0.1) is 0 Å². The Morgan fingerprint density at radius 1 is 1.43 bits per heavy atom. The quantitative estimate of drug-likeness (QED) is 0.824. The Balaban J connectivity index is 2.20. The van der Waals surface area contributed by atoms with E-state index in [0.29, 0.717) is 19.3 Å². The van der Waals surface area contributed by atoms with Crippen molar-refractivity contribution in [3.63, 3.8) is 0 Å². The Hall–Kier alpha value is -1.40. The summed E-state index contributed by atoms with van der Waals surface area (Å²) >= 11 is 0. The van der Waals surface area contributed by atoms with Crippen LogP contribution in [0.2, 0.25) is 0 Å². The minimum Gasteiger partial charge on any atom is -0.374 e. The van der Waals surface area contributed by atoms with Crippen LogP contribution in [0.5, 0.6) is 0 Å². The lowest BCUT2D eigenvalue weighted by atomic mass is 10.2. The van der Waals surface area contributed by atoms with Crippen LogP contribution < -0.4 is 10.2 Å². The van der Waals surface area contributed by atoms with Gasteiger partial charge in [-0.15, -0.1) is 0 Å². The van der Waals surface area contributed by atoms with Crippen LogP contribution in [0.15, 0.2) is 6.07 Å². The van der Waals surface area contributed by atoms with Crippen LogP contribution in [-0.2, 0) is 11.3 Å². The Labute approximate surface area is 127 Å². The molecule has 0 amide bonds. The Morgan fingerprint density at radius 2 is 2.24 bits per heavy atom. The molecule has 0 saturated carbocycles. The van der Waals surface area contributed by atoms with Crippen molar-refractivity contribution < 1.29 is 4.74 Å². The molecular weight excluding hydrogens is 266 g/mol. The third kappa shape index (κ3) is 4.28. The number of hydrogen-bond acceptors (Lipinski definition) is 6. The van der Waals surface area contributed by atoms with Gasteiger partial charge in [-0.25, -0.2) is 9.97 Å². The van der Waals surface area contributed by atoms with Crippen molar-refractivity contribution in [1.82, 2.24) is 14.9 Å². The van der Waals surface area contributed by atoms with Gasteiger partial charge in [0, 0.05) is 38.9 Å². The van der Waals surface area contributed by atoms with Crippen molar-refractivity contribution in [1.29, 1.82) is 0 Å². The molecule has 0 spiro atoms. The lowest BCUT2D eigenvalue weighted by Crippen LogP contribution is -2.38. The van der Waals surface area contributed by atoms with Crippen molar-refractivity contribution in [3.05, 3.63) is 11.9 Å². The number of likely N-dealkylation sites (N-methyl/N-ethyl adjacent to an activating group) is 1. The fraction of sp³-hybridized carbons (Fsp3) is 0.733. The normalized spacial score (nSPS) is 18.5. The first-order valence-corrected chi connectivity index (χ1v) is 7.68. The Kier molecular flexibility index (Phi) is 5.76. The molecule has 1 unspecified atom stereocenters. The highest BCUT2D eigenvalue weighted by molar-refractivity contribution is 5.50. The molecule has 1 aromatic heterocycles. The van der Waals surface area contributed by atoms with Gasteiger partial charge in [-0.1, -0.05) is 0 Å². The van der Waals surface area contributed by atoms with E-state index in [0.717, 1.165) is 30.5 Å². The summed E-state index contributed by atoms with van der Waals surface area (Å²) in [5, 5.41) is 3.12. The standard InChI is InChI=1S/C15H27N5O/c1-5-21-11-14-17-13(16-2)9-15(18-14)20-8-6-7-12(20)10-19(3)4/h9,12H,5-8,10-11H2,1-4H3,(H,16,17,18). The molecule has 6 nitrogen and oxygen atoms in total. The second-order valence-electron chi connectivity index (χ2n) is 5.67. The van der Waals surface area contributed by atoms with Gasteiger partial charge in [0.2, 0.25) is 0 Å². The van der Waals surface area contributed by atoms with Gasteiger partial charge in [0.1, 0.15) is 18.2 Å². The van der Waals surface area contributed by atoms with E-state index in [1.807, 2.05) is 20.0 Å². The molecular formula is C15H27N5O. The molecule has 1 saturated heterocycles. The maximum Gasteiger partial charge on any atom is 0.158 e. The number of nitrogens with zero attached hydrogens (tertiary/aromatic N) is 4. The van der Waals surface area contributed by atoms with Gasteiger partial charge in [-0.2, -0.15) is 0 Å². The molecule has 1 aliphatic rings. The van der Waals surface area contributed by atoms with Crippen molar-refractivity contribution in [2.24, 2.45) is 0 Å². The van der Waals surface area contributed by atoms with E-state index in [2.05, 4.69) is 39.2 Å². The zero-order valence-corrected chi connectivity index (χ0v) is 13.6. The molecule has 0 radical (unpaired) electrons. The van der Waals surface area contributed by atoms with Gasteiger partial charge in [-0.05, 0) is 33.9 Å². The van der Waals surface area contributed by atoms with Crippen molar-refractivity contribution in [2.75, 3.05) is 51.1 Å². The molecule has 1 N–H and O–H groups in total. The van der Waals surface area contributed by atoms with Crippen molar-refractivity contribution in [2.45, 2.75) is 32.4 Å². The molecule has 0 aliphatic carbocycles. The van der Waals surface area contributed by atoms with Crippen molar-refractivity contribution in [3.8, 4) is 0 Å². The van der Waals surface area contributed by atoms with Crippen LogP contribution in [0.25, 0.3) is 0 Å². The predicted octanol–water partition coefficient (Wildman–Crippen LogP) is 1.59. The van der Waals surface area contributed by atoms with E-state index in [1.165, 1.54) is 12.8 Å². The molecule has 21 heavy (non-hydrogen) atoms. The largest absolute Gasteiger partial charge is 0.374 e. The highest BCUT2D eigenvalue weighted by Gasteiger charge is 2.26. The number of anilines is 2. The molecule has 1 fully saturated rings. The third-order valence-electron chi connectivity index (χ3n) is 3.70. The lowest BCUT2D eigenvalue weighted by Gasteiger charge is -2.28. The molecule has 0 bridgehead atoms. The molecule has 6 heteroatoms. The number of rotatable bonds is 7. The highest BCUT2D eigenvalue weighted by atomic mass is 16.5. The highest BCUT2D eigenvalue weighted by Crippen LogP contribution is 2.26. The fourth-order valence-corrected chi connectivity index (χ4v) is 2.76. The number of ether oxygens (including phenoxy) is 1. The summed E-state index contributed by atoms with van der Waals surface area (Å²) in [7, 11) is 6.13. The van der Waals surface area contributed by atoms with Crippen LogP contribution in [0, 0.1) is 0 Å². The molecule has 1 aromatic rings. The Morgan fingerprint density at radius 3 is 2.90 bits per heavy atom. The average Bonchev–Trinajstić information content (AvgIpc) is 2.92. The topological polar surface area (TPSA) is 53.5 Å². The van der Waals surface area contributed by atoms with Gasteiger partial charge in [0.25, 0.3) is 0 Å². The minimum absolute atomic E-state index is 0.463. The van der Waals surface area contributed by atoms with Crippen LogP contribution >= 0.6 is 0 Å². The van der Waals surface area contributed by atoms with Gasteiger partial charge < -0.3 is 19.9 Å². The molecule has 118 valence electrons. The molecule has 2 heterocycles. The first-order valence-electron chi connectivity index (χ1n) is 7.68. The second-order valence-corrected chi connectivity index (χ2v) is 5.67. The molecule has 0 aromatic carbocycles. The summed E-state index contributed by atoms with van der Waals surface area (Å²) in [6.07, 6.45) is 2.44. The number of nitrogens with one attached hydrogen (secondary N) is 1. The van der Waals surface area contributed by atoms with E-state index in [1.54, 1.807) is 0 Å². The maximum atomic E-state index is 5.45. The minimum atomic E-state index is 0.463. The van der Waals surface area contributed by atoms with Crippen molar-refractivity contribution >= 4 is 11.6 Å². The smallest absolute Gasteiger partial charge is 0.158 e. The van der Waals surface area contributed by atoms with E-state index in [4.69, 9.17) is 4.74 Å². The third-order valence-corrected chi connectivity index (χ3v) is 3.70. The molecule has 1 atom stereocenters. The van der Waals surface area contributed by atoms with Crippen LogP contribution in [0.4, 0.5) is 11.6 Å². The zero-order chi connectivity index (χ0) is 15.2. The van der Waals surface area contributed by atoms with E-state index in [9.17, 15) is 0 Å². The summed E-state index contributed by atoms with van der Waals surface area (Å²) in [6, 6.07) is 2.56. The maximum absolute atomic E-state index is 5.45. The summed E-state index contributed by atoms with van der Waals surface area (Å²) in [5.74, 6) is 2.60. The first-order chi connectivity index (χ1) is 10.1. The van der Waals surface area contributed by atoms with E-state index < -0.39 is 0 Å². The van der Waals surface area contributed by atoms with Gasteiger partial charge >= 0.3 is 0 Å². The molecule has 2 rings (SSSR count).